The molecule has 14 rings (SSSR count). The van der Waals surface area contributed by atoms with Crippen molar-refractivity contribution < 1.29 is 0 Å². The van der Waals surface area contributed by atoms with E-state index in [9.17, 15) is 0 Å². The van der Waals surface area contributed by atoms with Crippen LogP contribution < -0.4 is 10.4 Å². The van der Waals surface area contributed by atoms with Gasteiger partial charge in [-0.3, -0.25) is 0 Å². The minimum Gasteiger partial charge on any atom is -0.0842 e. The summed E-state index contributed by atoms with van der Waals surface area (Å²) in [4.78, 5) is 0. The third kappa shape index (κ3) is 7.35. The molecule has 0 unspecified atom stereocenters. The summed E-state index contributed by atoms with van der Waals surface area (Å²) in [5, 5.41) is 13.0. The van der Waals surface area contributed by atoms with Crippen LogP contribution in [-0.2, 0) is 0 Å². The summed E-state index contributed by atoms with van der Waals surface area (Å²) in [6, 6.07) is 77.7. The Balaban J connectivity index is 1.02. The smallest absolute Gasteiger partial charge is 0.00142 e. The van der Waals surface area contributed by atoms with E-state index < -0.39 is 0 Å². The van der Waals surface area contributed by atoms with Gasteiger partial charge in [0, 0.05) is 0 Å². The Bertz CT molecular complexity index is 4180. The van der Waals surface area contributed by atoms with Crippen molar-refractivity contribution in [2.45, 2.75) is 38.5 Å². The van der Waals surface area contributed by atoms with Crippen LogP contribution >= 0.6 is 0 Å². The van der Waals surface area contributed by atoms with Crippen LogP contribution in [0, 0.1) is 0 Å². The lowest BCUT2D eigenvalue weighted by Crippen LogP contribution is -2.32. The Kier molecular flexibility index (Phi) is 11.1. The molecule has 0 fully saturated rings. The Morgan fingerprint density at radius 1 is 0.243 bits per heavy atom. The first kappa shape index (κ1) is 43.9. The van der Waals surface area contributed by atoms with E-state index in [2.05, 4.69) is 255 Å². The molecule has 0 heterocycles. The molecule has 350 valence electrons. The third-order valence-corrected chi connectivity index (χ3v) is 16.0. The molecule has 0 aromatic heterocycles. The molecule has 0 N–H and O–H groups in total. The molecule has 0 spiro atoms. The summed E-state index contributed by atoms with van der Waals surface area (Å²) >= 11 is 0. The van der Waals surface area contributed by atoms with E-state index >= 15 is 0 Å². The third-order valence-electron chi connectivity index (χ3n) is 16.0. The minimum absolute atomic E-state index is 1.00. The monoisotopic (exact) mass is 942 g/mol. The quantitative estimate of drug-likeness (QED) is 0.133. The highest BCUT2D eigenvalue weighted by Crippen LogP contribution is 2.48. The normalized spacial score (nSPS) is 14.2. The van der Waals surface area contributed by atoms with Crippen LogP contribution in [0.4, 0.5) is 0 Å². The summed E-state index contributed by atoms with van der Waals surface area (Å²) in [6.07, 6.45) is 25.2. The zero-order valence-corrected chi connectivity index (χ0v) is 41.5. The van der Waals surface area contributed by atoms with Crippen LogP contribution in [0.3, 0.4) is 0 Å². The van der Waals surface area contributed by atoms with Crippen LogP contribution in [0.5, 0.6) is 0 Å². The summed E-state index contributed by atoms with van der Waals surface area (Å²) in [7, 11) is 0. The molecule has 74 heavy (non-hydrogen) atoms. The van der Waals surface area contributed by atoms with Crippen molar-refractivity contribution in [1.29, 1.82) is 0 Å². The van der Waals surface area contributed by atoms with E-state index in [1.807, 2.05) is 0 Å². The van der Waals surface area contributed by atoms with Gasteiger partial charge in [0.25, 0.3) is 0 Å². The van der Waals surface area contributed by atoms with Gasteiger partial charge in [-0.05, 0) is 181 Å². The molecule has 11 aromatic rings. The fourth-order valence-electron chi connectivity index (χ4n) is 12.8. The van der Waals surface area contributed by atoms with Gasteiger partial charge in [0.15, 0.2) is 0 Å². The first-order valence-corrected chi connectivity index (χ1v) is 26.6. The molecule has 0 saturated heterocycles. The number of allylic oxidation sites excluding steroid dienone is 8. The molecule has 11 aromatic carbocycles. The van der Waals surface area contributed by atoms with Gasteiger partial charge in [-0.2, -0.15) is 0 Å². The first-order valence-electron chi connectivity index (χ1n) is 26.6. The topological polar surface area (TPSA) is 0 Å². The lowest BCUT2D eigenvalue weighted by Gasteiger charge is -2.25. The maximum Gasteiger partial charge on any atom is -0.00142 e. The summed E-state index contributed by atoms with van der Waals surface area (Å²) in [5.74, 6) is 0. The molecular formula is C74H54. The maximum absolute atomic E-state index is 2.51. The van der Waals surface area contributed by atoms with Gasteiger partial charge in [0.2, 0.25) is 0 Å². The second kappa shape index (κ2) is 18.6. The average Bonchev–Trinajstić information content (AvgIpc) is 3.49. The van der Waals surface area contributed by atoms with Crippen molar-refractivity contribution in [2.24, 2.45) is 0 Å². The fraction of sp³-hybridized carbons (Fsp3) is 0.0811. The Morgan fingerprint density at radius 2 is 0.595 bits per heavy atom. The van der Waals surface area contributed by atoms with E-state index in [4.69, 9.17) is 0 Å². The SMILES string of the molecule is C1=CCCC(c2c3ccccc3c(-c3ccc(-c4c(-c5ccc(-c6c7ccccc7c(C7=CCCC=C7)c7ccccc67)cc5)c(-c5ccccc5)c5c(c4-c4ccccc4)=CCCC=5)cc3)c3ccccc23)=C1. The highest BCUT2D eigenvalue weighted by atomic mass is 14.3. The van der Waals surface area contributed by atoms with E-state index in [1.54, 1.807) is 0 Å². The van der Waals surface area contributed by atoms with Gasteiger partial charge in [0.1, 0.15) is 0 Å². The van der Waals surface area contributed by atoms with E-state index in [-0.39, 0.29) is 0 Å². The Labute approximate surface area is 433 Å². The molecule has 0 saturated carbocycles. The molecule has 0 heteroatoms. The minimum atomic E-state index is 1.00. The average molecular weight is 943 g/mol. The number of hydrogen-bond donors (Lipinski definition) is 0. The lowest BCUT2D eigenvalue weighted by atomic mass is 9.78. The largest absolute Gasteiger partial charge is 0.0842 e. The van der Waals surface area contributed by atoms with Gasteiger partial charge in [0.05, 0.1) is 0 Å². The van der Waals surface area contributed by atoms with Crippen molar-refractivity contribution in [2.75, 3.05) is 0 Å². The number of fused-ring (bicyclic) bond motifs is 5. The van der Waals surface area contributed by atoms with E-state index in [0.29, 0.717) is 0 Å². The maximum atomic E-state index is 2.51. The van der Waals surface area contributed by atoms with Crippen LogP contribution in [0.2, 0.25) is 0 Å². The predicted octanol–water partition coefficient (Wildman–Crippen LogP) is 19.1. The highest BCUT2D eigenvalue weighted by molar-refractivity contribution is 6.21. The van der Waals surface area contributed by atoms with Crippen LogP contribution in [-0.4, -0.2) is 0 Å². The van der Waals surface area contributed by atoms with E-state index in [1.165, 1.54) is 143 Å². The molecule has 0 radical (unpaired) electrons. The zero-order valence-electron chi connectivity index (χ0n) is 41.5. The fourth-order valence-corrected chi connectivity index (χ4v) is 12.8. The molecule has 0 bridgehead atoms. The summed E-state index contributed by atoms with van der Waals surface area (Å²) in [6.45, 7) is 0. The second-order valence-electron chi connectivity index (χ2n) is 20.2. The van der Waals surface area contributed by atoms with Crippen LogP contribution in [0.15, 0.2) is 243 Å². The summed E-state index contributed by atoms with van der Waals surface area (Å²) in [5.41, 5.74) is 20.4. The first-order chi connectivity index (χ1) is 36.8. The zero-order chi connectivity index (χ0) is 49.0. The van der Waals surface area contributed by atoms with Crippen molar-refractivity contribution in [3.8, 4) is 66.8 Å². The standard InChI is InChI=1S/C74H54/c1-5-23-49(24-6-1)67-57-31-13-17-35-61(57)69(62-36-18-14-32-58(62)67)53-41-45-55(46-42-53)73-71(51-27-9-3-10-28-51)65-39-21-22-40-66(65)72(52-29-11-4-12-30-52)74(73)56-47-43-54(44-48-56)70-63-37-19-15-33-59(63)68(50-25-7-2-8-26-50)60-34-16-20-38-64(60)70/h1,3-5,7,9-20,23,25-48H,2,6,8,21-22,24H2. The van der Waals surface area contributed by atoms with Gasteiger partial charge in [-0.25, -0.2) is 0 Å². The van der Waals surface area contributed by atoms with Crippen LogP contribution in [0.25, 0.3) is 133 Å². The van der Waals surface area contributed by atoms with E-state index in [0.717, 1.165) is 38.5 Å². The number of benzene rings is 11. The second-order valence-corrected chi connectivity index (χ2v) is 20.2. The number of rotatable bonds is 8. The molecule has 0 aliphatic heterocycles. The van der Waals surface area contributed by atoms with Crippen molar-refractivity contribution in [3.63, 3.8) is 0 Å². The van der Waals surface area contributed by atoms with Gasteiger partial charge < -0.3 is 0 Å². The molecular weight excluding hydrogens is 889 g/mol. The molecule has 0 nitrogen and oxygen atoms in total. The Hall–Kier alpha value is -8.84. The van der Waals surface area contributed by atoms with Crippen molar-refractivity contribution in [3.05, 3.63) is 264 Å². The molecule has 3 aliphatic rings. The molecule has 0 atom stereocenters. The van der Waals surface area contributed by atoms with Crippen molar-refractivity contribution in [1.82, 2.24) is 0 Å². The predicted molar refractivity (Wildman–Crippen MR) is 319 cm³/mol. The Morgan fingerprint density at radius 3 is 0.973 bits per heavy atom. The summed E-state index contributed by atoms with van der Waals surface area (Å²) < 4.78 is 0. The van der Waals surface area contributed by atoms with Gasteiger partial charge >= 0.3 is 0 Å². The van der Waals surface area contributed by atoms with Gasteiger partial charge in [-0.15, -0.1) is 0 Å². The van der Waals surface area contributed by atoms with Gasteiger partial charge in [-0.1, -0.05) is 255 Å². The molecule has 0 amide bonds. The van der Waals surface area contributed by atoms with Crippen molar-refractivity contribution >= 4 is 66.4 Å². The van der Waals surface area contributed by atoms with Crippen LogP contribution in [0.1, 0.15) is 49.7 Å². The lowest BCUT2D eigenvalue weighted by molar-refractivity contribution is 1.04. The molecule has 3 aliphatic carbocycles. The highest BCUT2D eigenvalue weighted by Gasteiger charge is 2.25. The number of hydrogen-bond acceptors (Lipinski definition) is 0.